The lowest BCUT2D eigenvalue weighted by Gasteiger charge is -2.16. The first-order chi connectivity index (χ1) is 9.45. The SMILES string of the molecule is CCc1ncc(S(=O)(=O)N(C)Cc2ccccc2F)[nH]1. The van der Waals surface area contributed by atoms with Crippen LogP contribution in [0.3, 0.4) is 0 Å². The van der Waals surface area contributed by atoms with E-state index in [1.165, 1.54) is 19.3 Å². The fourth-order valence-electron chi connectivity index (χ4n) is 1.77. The van der Waals surface area contributed by atoms with E-state index in [0.29, 0.717) is 17.8 Å². The third-order valence-corrected chi connectivity index (χ3v) is 4.69. The summed E-state index contributed by atoms with van der Waals surface area (Å²) in [6.45, 7) is 1.84. The summed E-state index contributed by atoms with van der Waals surface area (Å²) in [6, 6.07) is 6.10. The van der Waals surface area contributed by atoms with E-state index in [1.807, 2.05) is 6.92 Å². The molecule has 0 aliphatic carbocycles. The quantitative estimate of drug-likeness (QED) is 0.917. The summed E-state index contributed by atoms with van der Waals surface area (Å²) in [6.07, 6.45) is 1.90. The fraction of sp³-hybridized carbons (Fsp3) is 0.308. The van der Waals surface area contributed by atoms with Crippen molar-refractivity contribution < 1.29 is 12.8 Å². The molecular weight excluding hydrogens is 281 g/mol. The summed E-state index contributed by atoms with van der Waals surface area (Å²) >= 11 is 0. The highest BCUT2D eigenvalue weighted by atomic mass is 32.2. The molecule has 2 rings (SSSR count). The van der Waals surface area contributed by atoms with Crippen LogP contribution in [0, 0.1) is 5.82 Å². The Hall–Kier alpha value is -1.73. The minimum atomic E-state index is -3.69. The van der Waals surface area contributed by atoms with Crippen LogP contribution in [0.5, 0.6) is 0 Å². The fourth-order valence-corrected chi connectivity index (χ4v) is 2.85. The van der Waals surface area contributed by atoms with E-state index in [4.69, 9.17) is 0 Å². The Bertz CT molecular complexity index is 697. The van der Waals surface area contributed by atoms with Crippen LogP contribution in [0.1, 0.15) is 18.3 Å². The number of benzene rings is 1. The number of halogens is 1. The van der Waals surface area contributed by atoms with Gasteiger partial charge in [-0.2, -0.15) is 4.31 Å². The molecule has 1 aromatic carbocycles. The van der Waals surface area contributed by atoms with Crippen molar-refractivity contribution in [3.63, 3.8) is 0 Å². The molecule has 0 saturated carbocycles. The van der Waals surface area contributed by atoms with Crippen molar-refractivity contribution >= 4 is 10.0 Å². The minimum absolute atomic E-state index is 0.0215. The summed E-state index contributed by atoms with van der Waals surface area (Å²) in [5.41, 5.74) is 0.328. The number of rotatable bonds is 5. The number of imidazole rings is 1. The first-order valence-electron chi connectivity index (χ1n) is 6.18. The van der Waals surface area contributed by atoms with Crippen LogP contribution in [0.15, 0.2) is 35.5 Å². The molecule has 0 aliphatic rings. The van der Waals surface area contributed by atoms with E-state index < -0.39 is 15.8 Å². The van der Waals surface area contributed by atoms with Crippen molar-refractivity contribution in [2.45, 2.75) is 24.9 Å². The van der Waals surface area contributed by atoms with E-state index in [1.54, 1.807) is 18.2 Å². The topological polar surface area (TPSA) is 66.1 Å². The number of hydrogen-bond acceptors (Lipinski definition) is 3. The van der Waals surface area contributed by atoms with Crippen LogP contribution in [0.4, 0.5) is 4.39 Å². The summed E-state index contributed by atoms with van der Waals surface area (Å²) in [4.78, 5) is 6.72. The van der Waals surface area contributed by atoms with Crippen molar-refractivity contribution in [1.82, 2.24) is 14.3 Å². The molecule has 1 N–H and O–H groups in total. The molecule has 0 atom stereocenters. The Morgan fingerprint density at radius 3 is 2.65 bits per heavy atom. The van der Waals surface area contributed by atoms with Crippen LogP contribution in [-0.2, 0) is 23.0 Å². The zero-order chi connectivity index (χ0) is 14.8. The van der Waals surface area contributed by atoms with Gasteiger partial charge in [-0.25, -0.2) is 17.8 Å². The molecule has 0 amide bonds. The van der Waals surface area contributed by atoms with Crippen LogP contribution in [-0.4, -0.2) is 29.7 Å². The van der Waals surface area contributed by atoms with Crippen LogP contribution in [0.25, 0.3) is 0 Å². The first kappa shape index (κ1) is 14.7. The number of nitrogens with zero attached hydrogens (tertiary/aromatic N) is 2. The molecule has 5 nitrogen and oxygen atoms in total. The molecular formula is C13H16FN3O2S. The molecule has 0 aliphatic heterocycles. The summed E-state index contributed by atoms with van der Waals surface area (Å²) < 4.78 is 39.3. The van der Waals surface area contributed by atoms with Crippen molar-refractivity contribution in [1.29, 1.82) is 0 Å². The summed E-state index contributed by atoms with van der Waals surface area (Å²) in [5, 5.41) is 0.0215. The van der Waals surface area contributed by atoms with Gasteiger partial charge >= 0.3 is 0 Å². The second-order valence-electron chi connectivity index (χ2n) is 4.40. The number of aromatic amines is 1. The number of hydrogen-bond donors (Lipinski definition) is 1. The van der Waals surface area contributed by atoms with Gasteiger partial charge < -0.3 is 4.98 Å². The van der Waals surface area contributed by atoms with Crippen molar-refractivity contribution in [2.24, 2.45) is 0 Å². The zero-order valence-electron chi connectivity index (χ0n) is 11.3. The third kappa shape index (κ3) is 2.88. The molecule has 0 fully saturated rings. The Kier molecular flexibility index (Phi) is 4.20. The van der Waals surface area contributed by atoms with Gasteiger partial charge in [0.1, 0.15) is 11.6 Å². The van der Waals surface area contributed by atoms with Gasteiger partial charge in [-0.1, -0.05) is 25.1 Å². The molecule has 2 aromatic rings. The summed E-state index contributed by atoms with van der Waals surface area (Å²) in [7, 11) is -2.28. The predicted molar refractivity (Wildman–Crippen MR) is 73.0 cm³/mol. The molecule has 0 bridgehead atoms. The molecule has 20 heavy (non-hydrogen) atoms. The highest BCUT2D eigenvalue weighted by Crippen LogP contribution is 2.16. The van der Waals surface area contributed by atoms with Gasteiger partial charge in [0.25, 0.3) is 10.0 Å². The summed E-state index contributed by atoms with van der Waals surface area (Å²) in [5.74, 6) is 0.177. The van der Waals surface area contributed by atoms with Crippen LogP contribution >= 0.6 is 0 Å². The van der Waals surface area contributed by atoms with Gasteiger partial charge in [0.05, 0.1) is 6.20 Å². The molecule has 0 spiro atoms. The number of H-pyrrole nitrogens is 1. The highest BCUT2D eigenvalue weighted by Gasteiger charge is 2.23. The standard InChI is InChI=1S/C13H16FN3O2S/c1-3-12-15-8-13(16-12)20(18,19)17(2)9-10-6-4-5-7-11(10)14/h4-8H,3,9H2,1-2H3,(H,15,16). The van der Waals surface area contributed by atoms with E-state index in [2.05, 4.69) is 9.97 Å². The number of aryl methyl sites for hydroxylation is 1. The van der Waals surface area contributed by atoms with E-state index >= 15 is 0 Å². The predicted octanol–water partition coefficient (Wildman–Crippen LogP) is 1.93. The van der Waals surface area contributed by atoms with Crippen LogP contribution in [0.2, 0.25) is 0 Å². The molecule has 7 heteroatoms. The third-order valence-electron chi connectivity index (χ3n) is 2.98. The van der Waals surface area contributed by atoms with Gasteiger partial charge in [0, 0.05) is 25.6 Å². The van der Waals surface area contributed by atoms with Gasteiger partial charge in [0.15, 0.2) is 5.03 Å². The second-order valence-corrected chi connectivity index (χ2v) is 6.41. The average molecular weight is 297 g/mol. The zero-order valence-corrected chi connectivity index (χ0v) is 12.1. The second kappa shape index (κ2) is 5.72. The van der Waals surface area contributed by atoms with Gasteiger partial charge in [-0.15, -0.1) is 0 Å². The van der Waals surface area contributed by atoms with Crippen molar-refractivity contribution in [2.75, 3.05) is 7.05 Å². The van der Waals surface area contributed by atoms with Crippen LogP contribution < -0.4 is 0 Å². The van der Waals surface area contributed by atoms with E-state index in [-0.39, 0.29) is 11.6 Å². The monoisotopic (exact) mass is 297 g/mol. The van der Waals surface area contributed by atoms with Crippen molar-refractivity contribution in [3.05, 3.63) is 47.7 Å². The Morgan fingerprint density at radius 1 is 1.35 bits per heavy atom. The molecule has 108 valence electrons. The van der Waals surface area contributed by atoms with Gasteiger partial charge in [0.2, 0.25) is 0 Å². The highest BCUT2D eigenvalue weighted by molar-refractivity contribution is 7.89. The number of sulfonamides is 1. The van der Waals surface area contributed by atoms with E-state index in [0.717, 1.165) is 4.31 Å². The average Bonchev–Trinajstić information content (AvgIpc) is 2.90. The molecule has 0 radical (unpaired) electrons. The maximum absolute atomic E-state index is 13.6. The lowest BCUT2D eigenvalue weighted by atomic mass is 10.2. The maximum Gasteiger partial charge on any atom is 0.260 e. The lowest BCUT2D eigenvalue weighted by molar-refractivity contribution is 0.454. The Balaban J connectivity index is 2.23. The number of aromatic nitrogens is 2. The molecule has 0 saturated heterocycles. The molecule has 1 aromatic heterocycles. The Morgan fingerprint density at radius 2 is 2.05 bits per heavy atom. The van der Waals surface area contributed by atoms with Gasteiger partial charge in [-0.05, 0) is 6.07 Å². The molecule has 0 unspecified atom stereocenters. The minimum Gasteiger partial charge on any atom is -0.332 e. The van der Waals surface area contributed by atoms with Crippen molar-refractivity contribution in [3.8, 4) is 0 Å². The smallest absolute Gasteiger partial charge is 0.260 e. The molecule has 1 heterocycles. The Labute approximate surface area is 117 Å². The maximum atomic E-state index is 13.6. The number of nitrogens with one attached hydrogen (secondary N) is 1. The lowest BCUT2D eigenvalue weighted by Crippen LogP contribution is -2.27. The van der Waals surface area contributed by atoms with Gasteiger partial charge in [-0.3, -0.25) is 0 Å². The largest absolute Gasteiger partial charge is 0.332 e. The van der Waals surface area contributed by atoms with E-state index in [9.17, 15) is 12.8 Å². The normalized spacial score (nSPS) is 12.0. The first-order valence-corrected chi connectivity index (χ1v) is 7.62.